The number of carbonyl (C=O) groups is 1. The Hall–Kier alpha value is -1.43. The highest BCUT2D eigenvalue weighted by atomic mass is 32.1. The Balaban J connectivity index is 1.65. The molecular formula is C15H17N3OS. The Bertz CT molecular complexity index is 619. The SMILES string of the molecule is O=C(c1sccc1-n1cccc1)C1NCC2CNCC21. The van der Waals surface area contributed by atoms with Gasteiger partial charge in [-0.1, -0.05) is 0 Å². The van der Waals surface area contributed by atoms with Crippen molar-refractivity contribution in [1.82, 2.24) is 15.2 Å². The third-order valence-electron chi connectivity index (χ3n) is 4.45. The minimum atomic E-state index is -0.0250. The van der Waals surface area contributed by atoms with Gasteiger partial charge in [-0.3, -0.25) is 4.79 Å². The first-order chi connectivity index (χ1) is 9.84. The number of hydrogen-bond acceptors (Lipinski definition) is 4. The number of aromatic nitrogens is 1. The van der Waals surface area contributed by atoms with E-state index in [0.29, 0.717) is 11.8 Å². The van der Waals surface area contributed by atoms with Gasteiger partial charge >= 0.3 is 0 Å². The van der Waals surface area contributed by atoms with E-state index in [-0.39, 0.29) is 11.8 Å². The van der Waals surface area contributed by atoms with Crippen LogP contribution in [0.2, 0.25) is 0 Å². The maximum atomic E-state index is 12.9. The number of rotatable bonds is 3. The average molecular weight is 287 g/mol. The van der Waals surface area contributed by atoms with Gasteiger partial charge in [-0.2, -0.15) is 0 Å². The fraction of sp³-hybridized carbons (Fsp3) is 0.400. The van der Waals surface area contributed by atoms with E-state index in [1.54, 1.807) is 11.3 Å². The van der Waals surface area contributed by atoms with E-state index < -0.39 is 0 Å². The van der Waals surface area contributed by atoms with Gasteiger partial charge < -0.3 is 15.2 Å². The van der Waals surface area contributed by atoms with Gasteiger partial charge in [-0.25, -0.2) is 0 Å². The van der Waals surface area contributed by atoms with Crippen molar-refractivity contribution in [2.24, 2.45) is 11.8 Å². The number of hydrogen-bond donors (Lipinski definition) is 2. The summed E-state index contributed by atoms with van der Waals surface area (Å²) in [7, 11) is 0. The van der Waals surface area contributed by atoms with Gasteiger partial charge in [-0.15, -0.1) is 11.3 Å². The van der Waals surface area contributed by atoms with E-state index in [1.807, 2.05) is 40.5 Å². The Labute approximate surface area is 121 Å². The van der Waals surface area contributed by atoms with Crippen molar-refractivity contribution in [2.45, 2.75) is 6.04 Å². The molecule has 4 nitrogen and oxygen atoms in total. The number of nitrogens with one attached hydrogen (secondary N) is 2. The summed E-state index contributed by atoms with van der Waals surface area (Å²) in [5.41, 5.74) is 1.00. The number of carbonyl (C=O) groups excluding carboxylic acids is 1. The average Bonchev–Trinajstić information content (AvgIpc) is 3.20. The van der Waals surface area contributed by atoms with Gasteiger partial charge in [0, 0.05) is 25.5 Å². The van der Waals surface area contributed by atoms with Crippen LogP contribution in [0.15, 0.2) is 36.0 Å². The van der Waals surface area contributed by atoms with Crippen molar-refractivity contribution in [1.29, 1.82) is 0 Å². The van der Waals surface area contributed by atoms with Crippen LogP contribution >= 0.6 is 11.3 Å². The zero-order chi connectivity index (χ0) is 13.5. The summed E-state index contributed by atoms with van der Waals surface area (Å²) >= 11 is 1.55. The summed E-state index contributed by atoms with van der Waals surface area (Å²) in [5, 5.41) is 8.83. The Morgan fingerprint density at radius 2 is 2.10 bits per heavy atom. The molecule has 0 bridgehead atoms. The monoisotopic (exact) mass is 287 g/mol. The Morgan fingerprint density at radius 3 is 2.95 bits per heavy atom. The minimum Gasteiger partial charge on any atom is -0.322 e. The fourth-order valence-corrected chi connectivity index (χ4v) is 4.28. The lowest BCUT2D eigenvalue weighted by Gasteiger charge is -2.16. The maximum Gasteiger partial charge on any atom is 0.192 e. The van der Waals surface area contributed by atoms with Gasteiger partial charge in [0.2, 0.25) is 0 Å². The smallest absolute Gasteiger partial charge is 0.192 e. The summed E-state index contributed by atoms with van der Waals surface area (Å²) < 4.78 is 2.02. The van der Waals surface area contributed by atoms with Crippen LogP contribution in [0.25, 0.3) is 5.69 Å². The fourth-order valence-electron chi connectivity index (χ4n) is 3.41. The molecule has 2 fully saturated rings. The largest absolute Gasteiger partial charge is 0.322 e. The van der Waals surface area contributed by atoms with Crippen LogP contribution in [-0.2, 0) is 0 Å². The second-order valence-corrected chi connectivity index (χ2v) is 6.47. The van der Waals surface area contributed by atoms with Crippen molar-refractivity contribution in [3.8, 4) is 5.69 Å². The molecule has 4 rings (SSSR count). The van der Waals surface area contributed by atoms with Crippen molar-refractivity contribution in [3.05, 3.63) is 40.8 Å². The Morgan fingerprint density at radius 1 is 1.25 bits per heavy atom. The maximum absolute atomic E-state index is 12.9. The predicted molar refractivity (Wildman–Crippen MR) is 79.6 cm³/mol. The molecule has 4 heterocycles. The molecule has 20 heavy (non-hydrogen) atoms. The molecule has 2 aromatic rings. The molecule has 0 amide bonds. The molecule has 0 aromatic carbocycles. The quantitative estimate of drug-likeness (QED) is 0.842. The Kier molecular flexibility index (Phi) is 2.98. The van der Waals surface area contributed by atoms with Crippen LogP contribution in [0.4, 0.5) is 0 Å². The molecule has 104 valence electrons. The molecule has 2 aliphatic heterocycles. The molecule has 2 aliphatic rings. The predicted octanol–water partition coefficient (Wildman–Crippen LogP) is 1.53. The van der Waals surface area contributed by atoms with Gasteiger partial charge in [0.1, 0.15) is 0 Å². The highest BCUT2D eigenvalue weighted by Crippen LogP contribution is 2.31. The number of thiophene rings is 1. The lowest BCUT2D eigenvalue weighted by atomic mass is 9.91. The van der Waals surface area contributed by atoms with Gasteiger partial charge in [-0.05, 0) is 42.0 Å². The molecule has 0 spiro atoms. The lowest BCUT2D eigenvalue weighted by molar-refractivity contribution is 0.0934. The summed E-state index contributed by atoms with van der Waals surface area (Å²) in [4.78, 5) is 13.7. The minimum absolute atomic E-state index is 0.0250. The third-order valence-corrected chi connectivity index (χ3v) is 5.37. The molecular weight excluding hydrogens is 270 g/mol. The van der Waals surface area contributed by atoms with Crippen molar-refractivity contribution in [3.63, 3.8) is 0 Å². The molecule has 3 unspecified atom stereocenters. The van der Waals surface area contributed by atoms with Crippen LogP contribution < -0.4 is 10.6 Å². The van der Waals surface area contributed by atoms with E-state index in [1.165, 1.54) is 0 Å². The van der Waals surface area contributed by atoms with E-state index in [9.17, 15) is 4.79 Å². The highest BCUT2D eigenvalue weighted by molar-refractivity contribution is 7.12. The third kappa shape index (κ3) is 1.85. The van der Waals surface area contributed by atoms with Crippen molar-refractivity contribution < 1.29 is 4.79 Å². The summed E-state index contributed by atoms with van der Waals surface area (Å²) in [6.07, 6.45) is 3.97. The molecule has 2 saturated heterocycles. The summed E-state index contributed by atoms with van der Waals surface area (Å²) in [5.74, 6) is 1.31. The van der Waals surface area contributed by atoms with Crippen LogP contribution in [0.1, 0.15) is 9.67 Å². The zero-order valence-electron chi connectivity index (χ0n) is 11.1. The van der Waals surface area contributed by atoms with Crippen LogP contribution in [0.3, 0.4) is 0 Å². The lowest BCUT2D eigenvalue weighted by Crippen LogP contribution is -2.38. The van der Waals surface area contributed by atoms with E-state index in [0.717, 1.165) is 30.2 Å². The van der Waals surface area contributed by atoms with E-state index in [2.05, 4.69) is 10.6 Å². The van der Waals surface area contributed by atoms with E-state index in [4.69, 9.17) is 0 Å². The number of ketones is 1. The number of fused-ring (bicyclic) bond motifs is 1. The number of nitrogens with zero attached hydrogens (tertiary/aromatic N) is 1. The van der Waals surface area contributed by atoms with E-state index >= 15 is 0 Å². The van der Waals surface area contributed by atoms with Gasteiger partial charge in [0.05, 0.1) is 16.6 Å². The highest BCUT2D eigenvalue weighted by Gasteiger charge is 2.43. The van der Waals surface area contributed by atoms with Gasteiger partial charge in [0.15, 0.2) is 5.78 Å². The topological polar surface area (TPSA) is 46.1 Å². The molecule has 2 N–H and O–H groups in total. The van der Waals surface area contributed by atoms with Crippen LogP contribution in [-0.4, -0.2) is 36.0 Å². The zero-order valence-corrected chi connectivity index (χ0v) is 11.9. The first-order valence-corrected chi connectivity index (χ1v) is 7.92. The second-order valence-electron chi connectivity index (χ2n) is 5.56. The molecule has 5 heteroatoms. The summed E-state index contributed by atoms with van der Waals surface area (Å²) in [6, 6.07) is 5.97. The van der Waals surface area contributed by atoms with Crippen LogP contribution in [0.5, 0.6) is 0 Å². The second kappa shape index (κ2) is 4.84. The molecule has 2 aromatic heterocycles. The first kappa shape index (κ1) is 12.3. The van der Waals surface area contributed by atoms with Crippen LogP contribution in [0, 0.1) is 11.8 Å². The van der Waals surface area contributed by atoms with Crippen molar-refractivity contribution in [2.75, 3.05) is 19.6 Å². The normalized spacial score (nSPS) is 28.7. The number of Topliss-reactive ketones (excluding diaryl/α,β-unsaturated/α-hetero) is 1. The molecule has 0 radical (unpaired) electrons. The molecule has 0 saturated carbocycles. The van der Waals surface area contributed by atoms with Gasteiger partial charge in [0.25, 0.3) is 0 Å². The molecule has 0 aliphatic carbocycles. The first-order valence-electron chi connectivity index (χ1n) is 7.04. The molecule has 3 atom stereocenters. The van der Waals surface area contributed by atoms with Crippen molar-refractivity contribution >= 4 is 17.1 Å². The summed E-state index contributed by atoms with van der Waals surface area (Å²) in [6.45, 7) is 2.95. The standard InChI is InChI=1S/C15H17N3OS/c19-14(13-11-9-16-7-10(11)8-17-13)15-12(3-6-20-15)18-4-1-2-5-18/h1-6,10-11,13,16-17H,7-9H2.